The molecular weight excluding hydrogens is 487 g/mol. The molecule has 2 aliphatic rings. The molecule has 2 aromatic carbocycles. The minimum atomic E-state index is -5.13. The van der Waals surface area contributed by atoms with Crippen molar-refractivity contribution in [3.63, 3.8) is 0 Å². The molecule has 35 heavy (non-hydrogen) atoms. The normalized spacial score (nSPS) is 26.0. The van der Waals surface area contributed by atoms with E-state index in [1.165, 1.54) is 18.2 Å². The fourth-order valence-corrected chi connectivity index (χ4v) is 8.43. The second-order valence-electron chi connectivity index (χ2n) is 9.76. The number of Topliss-reactive ketones (excluding diaryl/α,β-unsaturated/α-hetero) is 1. The number of hydrogen-bond donors (Lipinski definition) is 0. The van der Waals surface area contributed by atoms with Crippen molar-refractivity contribution in [2.45, 2.75) is 73.9 Å². The molecule has 190 valence electrons. The standard InChI is InChI=1S/C26H27F5O3S/c1-3-20(32)15-17-12-13-25(35(33,34)21-8-6-19(27)7-9-21)22(17)10-4-16-14-18(5-11-23(16)25)24(2,28)26(29,30)31/h5-9,11,14,17,22H,3-4,10,12-13,15H2,1-2H3/t17-,22-,24?,25-/m0/s1. The highest BCUT2D eigenvalue weighted by atomic mass is 32.2. The molecule has 0 saturated heterocycles. The summed E-state index contributed by atoms with van der Waals surface area (Å²) in [5, 5.41) is 0. The zero-order valence-corrected chi connectivity index (χ0v) is 20.3. The zero-order chi connectivity index (χ0) is 25.8. The Balaban J connectivity index is 1.90. The molecular formula is C26H27F5O3S. The van der Waals surface area contributed by atoms with E-state index in [-0.39, 0.29) is 35.9 Å². The van der Waals surface area contributed by atoms with Crippen LogP contribution in [0.2, 0.25) is 0 Å². The van der Waals surface area contributed by atoms with E-state index in [4.69, 9.17) is 0 Å². The quantitative estimate of drug-likeness (QED) is 0.323. The average molecular weight is 515 g/mol. The van der Waals surface area contributed by atoms with Crippen molar-refractivity contribution in [2.75, 3.05) is 0 Å². The first kappa shape index (κ1) is 25.8. The number of benzene rings is 2. The molecule has 0 amide bonds. The average Bonchev–Trinajstić information content (AvgIpc) is 3.18. The topological polar surface area (TPSA) is 51.2 Å². The Hall–Kier alpha value is -2.29. The van der Waals surface area contributed by atoms with Gasteiger partial charge in [-0.1, -0.05) is 25.1 Å². The van der Waals surface area contributed by atoms with E-state index >= 15 is 0 Å². The van der Waals surface area contributed by atoms with Crippen LogP contribution in [0, 0.1) is 17.7 Å². The smallest absolute Gasteiger partial charge is 0.300 e. The molecule has 4 atom stereocenters. The number of hydrogen-bond acceptors (Lipinski definition) is 3. The Bertz CT molecular complexity index is 1230. The van der Waals surface area contributed by atoms with Gasteiger partial charge in [-0.25, -0.2) is 17.2 Å². The fraction of sp³-hybridized carbons (Fsp3) is 0.500. The third-order valence-electron chi connectivity index (χ3n) is 7.90. The molecule has 2 aromatic rings. The molecule has 0 radical (unpaired) electrons. The third kappa shape index (κ3) is 3.99. The fourth-order valence-electron chi connectivity index (χ4n) is 5.93. The number of carbonyl (C=O) groups excluding carboxylic acids is 1. The molecule has 1 unspecified atom stereocenters. The molecule has 4 rings (SSSR count). The van der Waals surface area contributed by atoms with Crippen LogP contribution in [0.1, 0.15) is 62.6 Å². The van der Waals surface area contributed by atoms with Gasteiger partial charge >= 0.3 is 6.18 Å². The molecule has 1 saturated carbocycles. The number of alkyl halides is 4. The van der Waals surface area contributed by atoms with Crippen molar-refractivity contribution < 1.29 is 35.2 Å². The van der Waals surface area contributed by atoms with Crippen LogP contribution in [0.15, 0.2) is 47.4 Å². The van der Waals surface area contributed by atoms with Crippen molar-refractivity contribution in [1.29, 1.82) is 0 Å². The lowest BCUT2D eigenvalue weighted by molar-refractivity contribution is -0.228. The molecule has 0 bridgehead atoms. The number of ketones is 1. The molecule has 0 aromatic heterocycles. The number of rotatable bonds is 6. The summed E-state index contributed by atoms with van der Waals surface area (Å²) in [5.74, 6) is -1.22. The third-order valence-corrected chi connectivity index (χ3v) is 10.5. The van der Waals surface area contributed by atoms with Gasteiger partial charge in [0, 0.05) is 12.8 Å². The molecule has 0 spiro atoms. The first-order valence-electron chi connectivity index (χ1n) is 11.7. The molecule has 3 nitrogen and oxygen atoms in total. The van der Waals surface area contributed by atoms with Crippen LogP contribution in [0.4, 0.5) is 22.0 Å². The van der Waals surface area contributed by atoms with Gasteiger partial charge in [-0.2, -0.15) is 13.2 Å². The van der Waals surface area contributed by atoms with E-state index in [1.807, 2.05) is 0 Å². The Morgan fingerprint density at radius 2 is 1.71 bits per heavy atom. The van der Waals surface area contributed by atoms with Crippen LogP contribution in [0.25, 0.3) is 0 Å². The molecule has 1 fully saturated rings. The van der Waals surface area contributed by atoms with E-state index in [2.05, 4.69) is 0 Å². The predicted octanol–water partition coefficient (Wildman–Crippen LogP) is 6.58. The predicted molar refractivity (Wildman–Crippen MR) is 121 cm³/mol. The number of halogens is 5. The van der Waals surface area contributed by atoms with Crippen molar-refractivity contribution in [1.82, 2.24) is 0 Å². The van der Waals surface area contributed by atoms with Gasteiger partial charge in [0.25, 0.3) is 0 Å². The summed E-state index contributed by atoms with van der Waals surface area (Å²) in [6.45, 7) is 2.19. The highest BCUT2D eigenvalue weighted by Crippen LogP contribution is 2.60. The van der Waals surface area contributed by atoms with Gasteiger partial charge in [0.2, 0.25) is 5.67 Å². The lowest BCUT2D eigenvalue weighted by atomic mass is 9.72. The van der Waals surface area contributed by atoms with Gasteiger partial charge in [0.15, 0.2) is 9.84 Å². The maximum absolute atomic E-state index is 14.7. The van der Waals surface area contributed by atoms with Crippen LogP contribution >= 0.6 is 0 Å². The minimum Gasteiger partial charge on any atom is -0.300 e. The van der Waals surface area contributed by atoms with Gasteiger partial charge in [0.1, 0.15) is 16.3 Å². The summed E-state index contributed by atoms with van der Waals surface area (Å²) in [6.07, 6.45) is -3.32. The molecule has 0 heterocycles. The number of fused-ring (bicyclic) bond motifs is 3. The van der Waals surface area contributed by atoms with Gasteiger partial charge in [-0.15, -0.1) is 0 Å². The first-order chi connectivity index (χ1) is 16.3. The Morgan fingerprint density at radius 1 is 1.06 bits per heavy atom. The van der Waals surface area contributed by atoms with Crippen molar-refractivity contribution >= 4 is 15.6 Å². The lowest BCUT2D eigenvalue weighted by Gasteiger charge is -2.43. The molecule has 9 heteroatoms. The largest absolute Gasteiger partial charge is 0.426 e. The molecule has 2 aliphatic carbocycles. The van der Waals surface area contributed by atoms with E-state index in [0.717, 1.165) is 24.3 Å². The van der Waals surface area contributed by atoms with E-state index in [0.29, 0.717) is 37.3 Å². The van der Waals surface area contributed by atoms with E-state index in [1.54, 1.807) is 6.92 Å². The van der Waals surface area contributed by atoms with E-state index in [9.17, 15) is 35.2 Å². The SMILES string of the molecule is CCC(=O)C[C@@H]1CC[C@@]2(S(=O)(=O)c3ccc(F)cc3)c3ccc(C(C)(F)C(F)(F)F)cc3CC[C@@H]12. The minimum absolute atomic E-state index is 0.0181. The Kier molecular flexibility index (Phi) is 6.39. The first-order valence-corrected chi connectivity index (χ1v) is 13.2. The highest BCUT2D eigenvalue weighted by molar-refractivity contribution is 7.92. The summed E-state index contributed by atoms with van der Waals surface area (Å²) in [6, 6.07) is 7.93. The summed E-state index contributed by atoms with van der Waals surface area (Å²) in [7, 11) is -4.14. The summed E-state index contributed by atoms with van der Waals surface area (Å²) in [4.78, 5) is 12.2. The van der Waals surface area contributed by atoms with Gasteiger partial charge < -0.3 is 0 Å². The monoisotopic (exact) mass is 514 g/mol. The second kappa shape index (κ2) is 8.68. The van der Waals surface area contributed by atoms with Gasteiger partial charge in [-0.3, -0.25) is 4.79 Å². The van der Waals surface area contributed by atoms with Gasteiger partial charge in [0.05, 0.1) is 4.90 Å². The van der Waals surface area contributed by atoms with Gasteiger partial charge in [-0.05, 0) is 85.4 Å². The molecule has 0 aliphatic heterocycles. The number of aryl methyl sites for hydroxylation is 1. The summed E-state index contributed by atoms with van der Waals surface area (Å²) >= 11 is 0. The highest BCUT2D eigenvalue weighted by Gasteiger charge is 2.60. The van der Waals surface area contributed by atoms with Crippen molar-refractivity contribution in [2.24, 2.45) is 11.8 Å². The number of carbonyl (C=O) groups is 1. The van der Waals surface area contributed by atoms with Crippen LogP contribution in [0.3, 0.4) is 0 Å². The van der Waals surface area contributed by atoms with Crippen LogP contribution < -0.4 is 0 Å². The summed E-state index contributed by atoms with van der Waals surface area (Å²) < 4.78 is 95.2. The molecule has 0 N–H and O–H groups in total. The second-order valence-corrected chi connectivity index (χ2v) is 12.0. The maximum atomic E-state index is 14.7. The maximum Gasteiger partial charge on any atom is 0.426 e. The van der Waals surface area contributed by atoms with Crippen LogP contribution in [-0.2, 0) is 31.5 Å². The van der Waals surface area contributed by atoms with Crippen molar-refractivity contribution in [3.05, 3.63) is 65.0 Å². The Labute approximate surface area is 201 Å². The van der Waals surface area contributed by atoms with Crippen LogP contribution in [0.5, 0.6) is 0 Å². The van der Waals surface area contributed by atoms with E-state index < -0.39 is 43.7 Å². The van der Waals surface area contributed by atoms with Crippen molar-refractivity contribution in [3.8, 4) is 0 Å². The zero-order valence-electron chi connectivity index (χ0n) is 19.5. The number of sulfone groups is 1. The Morgan fingerprint density at radius 3 is 2.31 bits per heavy atom. The lowest BCUT2D eigenvalue weighted by Crippen LogP contribution is -2.45. The van der Waals surface area contributed by atoms with Crippen LogP contribution in [-0.4, -0.2) is 20.4 Å². The summed E-state index contributed by atoms with van der Waals surface area (Å²) in [5.41, 5.74) is -3.45.